The highest BCUT2D eigenvalue weighted by atomic mass is 16.5. The molecule has 0 aromatic rings. The van der Waals surface area contributed by atoms with Gasteiger partial charge in [-0.05, 0) is 19.3 Å². The second kappa shape index (κ2) is 9.58. The van der Waals surface area contributed by atoms with Crippen molar-refractivity contribution in [3.63, 3.8) is 0 Å². The van der Waals surface area contributed by atoms with Crippen LogP contribution in [0.25, 0.3) is 0 Å². The average Bonchev–Trinajstić information content (AvgIpc) is 2.40. The maximum atomic E-state index is 11.8. The molecule has 0 rings (SSSR count). The Bertz CT molecular complexity index is 298. The van der Waals surface area contributed by atoms with Crippen molar-refractivity contribution in [3.05, 3.63) is 0 Å². The van der Waals surface area contributed by atoms with E-state index in [2.05, 4.69) is 10.6 Å². The Balaban J connectivity index is 4.41. The van der Waals surface area contributed by atoms with Crippen molar-refractivity contribution in [2.24, 2.45) is 5.41 Å². The molecule has 0 aliphatic heterocycles. The van der Waals surface area contributed by atoms with Crippen molar-refractivity contribution in [1.29, 1.82) is 0 Å². The Morgan fingerprint density at radius 3 is 2.25 bits per heavy atom. The second-order valence-electron chi connectivity index (χ2n) is 5.06. The van der Waals surface area contributed by atoms with Crippen molar-refractivity contribution in [2.45, 2.75) is 52.5 Å². The molecule has 1 atom stereocenters. The van der Waals surface area contributed by atoms with E-state index in [4.69, 9.17) is 4.74 Å². The van der Waals surface area contributed by atoms with Crippen molar-refractivity contribution < 1.29 is 19.4 Å². The summed E-state index contributed by atoms with van der Waals surface area (Å²) in [6.45, 7) is 6.26. The number of ether oxygens (including phenoxy) is 1. The zero-order valence-corrected chi connectivity index (χ0v) is 13.0. The Kier molecular flexibility index (Phi) is 8.96. The topological polar surface area (TPSA) is 87.7 Å². The number of hydrogen-bond donors (Lipinski definition) is 3. The molecule has 1 unspecified atom stereocenters. The van der Waals surface area contributed by atoms with E-state index in [1.807, 2.05) is 20.8 Å². The Morgan fingerprint density at radius 1 is 1.25 bits per heavy atom. The third kappa shape index (κ3) is 5.77. The quantitative estimate of drug-likeness (QED) is 0.573. The molecule has 0 radical (unpaired) electrons. The van der Waals surface area contributed by atoms with Crippen LogP contribution in [-0.4, -0.2) is 43.4 Å². The first-order chi connectivity index (χ1) is 9.45. The number of carbonyl (C=O) groups is 2. The van der Waals surface area contributed by atoms with Gasteiger partial charge in [-0.1, -0.05) is 27.2 Å². The summed E-state index contributed by atoms with van der Waals surface area (Å²) in [6, 6.07) is -0.388. The minimum absolute atomic E-state index is 0.0486. The van der Waals surface area contributed by atoms with Gasteiger partial charge in [0.1, 0.15) is 0 Å². The zero-order valence-electron chi connectivity index (χ0n) is 13.0. The maximum absolute atomic E-state index is 11.8. The lowest BCUT2D eigenvalue weighted by Gasteiger charge is -2.27. The molecule has 118 valence electrons. The van der Waals surface area contributed by atoms with Gasteiger partial charge in [0, 0.05) is 13.7 Å². The van der Waals surface area contributed by atoms with Crippen LogP contribution in [0.5, 0.6) is 0 Å². The van der Waals surface area contributed by atoms with Crippen LogP contribution in [-0.2, 0) is 9.53 Å². The number of hydrogen-bond acceptors (Lipinski definition) is 3. The van der Waals surface area contributed by atoms with Gasteiger partial charge in [-0.25, -0.2) is 4.79 Å². The summed E-state index contributed by atoms with van der Waals surface area (Å²) in [7, 11) is 1.59. The van der Waals surface area contributed by atoms with E-state index in [0.717, 1.165) is 12.8 Å². The van der Waals surface area contributed by atoms with Crippen LogP contribution in [0, 0.1) is 5.41 Å². The lowest BCUT2D eigenvalue weighted by Crippen LogP contribution is -2.49. The molecule has 6 heteroatoms. The van der Waals surface area contributed by atoms with Gasteiger partial charge in [0.05, 0.1) is 18.1 Å². The highest BCUT2D eigenvalue weighted by Gasteiger charge is 2.35. The van der Waals surface area contributed by atoms with Crippen LogP contribution >= 0.6 is 0 Å². The average molecular weight is 288 g/mol. The van der Waals surface area contributed by atoms with E-state index in [1.165, 1.54) is 0 Å². The van der Waals surface area contributed by atoms with Crippen molar-refractivity contribution in [3.8, 4) is 0 Å². The smallest absolute Gasteiger partial charge is 0.315 e. The predicted molar refractivity (Wildman–Crippen MR) is 77.8 cm³/mol. The third-order valence-corrected chi connectivity index (χ3v) is 3.73. The van der Waals surface area contributed by atoms with E-state index < -0.39 is 11.4 Å². The van der Waals surface area contributed by atoms with Gasteiger partial charge in [-0.15, -0.1) is 0 Å². The molecule has 6 nitrogen and oxygen atoms in total. The van der Waals surface area contributed by atoms with Gasteiger partial charge in [0.2, 0.25) is 0 Å². The lowest BCUT2D eigenvalue weighted by atomic mass is 9.82. The Hall–Kier alpha value is -1.30. The largest absolute Gasteiger partial charge is 0.481 e. The normalized spacial score (nSPS) is 12.8. The van der Waals surface area contributed by atoms with Crippen LogP contribution in [0.2, 0.25) is 0 Å². The van der Waals surface area contributed by atoms with E-state index in [-0.39, 0.29) is 18.6 Å². The summed E-state index contributed by atoms with van der Waals surface area (Å²) in [5.74, 6) is -0.871. The summed E-state index contributed by atoms with van der Waals surface area (Å²) in [5, 5.41) is 14.8. The molecule has 0 saturated carbocycles. The maximum Gasteiger partial charge on any atom is 0.315 e. The highest BCUT2D eigenvalue weighted by Crippen LogP contribution is 2.25. The van der Waals surface area contributed by atoms with Gasteiger partial charge < -0.3 is 20.5 Å². The second-order valence-corrected chi connectivity index (χ2v) is 5.06. The van der Waals surface area contributed by atoms with Crippen LogP contribution < -0.4 is 10.6 Å². The molecule has 0 aliphatic rings. The number of amides is 2. The number of nitrogens with one attached hydrogen (secondary N) is 2. The fraction of sp³-hybridized carbons (Fsp3) is 0.857. The van der Waals surface area contributed by atoms with Crippen molar-refractivity contribution >= 4 is 12.0 Å². The molecule has 0 saturated heterocycles. The fourth-order valence-corrected chi connectivity index (χ4v) is 2.11. The predicted octanol–water partition coefficient (Wildman–Crippen LogP) is 1.99. The number of urea groups is 1. The molecular weight excluding hydrogens is 260 g/mol. The highest BCUT2D eigenvalue weighted by molar-refractivity contribution is 5.78. The fourth-order valence-electron chi connectivity index (χ4n) is 2.11. The van der Waals surface area contributed by atoms with Crippen molar-refractivity contribution in [2.75, 3.05) is 20.3 Å². The minimum Gasteiger partial charge on any atom is -0.481 e. The van der Waals surface area contributed by atoms with Gasteiger partial charge in [-0.3, -0.25) is 4.79 Å². The molecule has 0 spiro atoms. The van der Waals surface area contributed by atoms with Gasteiger partial charge in [0.25, 0.3) is 0 Å². The van der Waals surface area contributed by atoms with E-state index >= 15 is 0 Å². The summed E-state index contributed by atoms with van der Waals surface area (Å²) >= 11 is 0. The van der Waals surface area contributed by atoms with Gasteiger partial charge >= 0.3 is 12.0 Å². The van der Waals surface area contributed by atoms with Crippen LogP contribution in [0.1, 0.15) is 46.5 Å². The number of carboxylic acids is 1. The SMILES string of the molecule is CCCC(COC)NC(=O)NCC(CC)(CC)C(=O)O. The molecule has 0 aromatic heterocycles. The van der Waals surface area contributed by atoms with Crippen molar-refractivity contribution in [1.82, 2.24) is 10.6 Å². The minimum atomic E-state index is -0.890. The first-order valence-electron chi connectivity index (χ1n) is 7.22. The third-order valence-electron chi connectivity index (χ3n) is 3.73. The van der Waals surface area contributed by atoms with Crippen LogP contribution in [0.4, 0.5) is 4.79 Å². The number of aliphatic carboxylic acids is 1. The molecule has 2 amide bonds. The molecule has 0 aliphatic carbocycles. The molecule has 3 N–H and O–H groups in total. The number of methoxy groups -OCH3 is 1. The van der Waals surface area contributed by atoms with E-state index in [9.17, 15) is 14.7 Å². The van der Waals surface area contributed by atoms with Gasteiger partial charge in [-0.2, -0.15) is 0 Å². The number of carbonyl (C=O) groups excluding carboxylic acids is 1. The standard InChI is InChI=1S/C14H28N2O4/c1-5-8-11(9-20-4)16-13(19)15-10-14(6-2,7-3)12(17)18/h11H,5-10H2,1-4H3,(H,17,18)(H2,15,16,19). The van der Waals surface area contributed by atoms with Gasteiger partial charge in [0.15, 0.2) is 0 Å². The molecule has 0 bridgehead atoms. The molecular formula is C14H28N2O4. The van der Waals surface area contributed by atoms with E-state index in [1.54, 1.807) is 7.11 Å². The van der Waals surface area contributed by atoms with Crippen LogP contribution in [0.3, 0.4) is 0 Å². The molecule has 20 heavy (non-hydrogen) atoms. The monoisotopic (exact) mass is 288 g/mol. The summed E-state index contributed by atoms with van der Waals surface area (Å²) in [6.07, 6.45) is 2.73. The Morgan fingerprint density at radius 2 is 1.85 bits per heavy atom. The first-order valence-corrected chi connectivity index (χ1v) is 7.22. The molecule has 0 fully saturated rings. The summed E-state index contributed by atoms with van der Waals surface area (Å²) < 4.78 is 5.05. The lowest BCUT2D eigenvalue weighted by molar-refractivity contribution is -0.149. The summed E-state index contributed by atoms with van der Waals surface area (Å²) in [4.78, 5) is 23.2. The van der Waals surface area contributed by atoms with Crippen LogP contribution in [0.15, 0.2) is 0 Å². The summed E-state index contributed by atoms with van der Waals surface area (Å²) in [5.41, 5.74) is -0.890. The van der Waals surface area contributed by atoms with E-state index in [0.29, 0.717) is 19.4 Å². The molecule has 0 aromatic carbocycles. The number of rotatable bonds is 10. The number of carboxylic acid groups (broad SMARTS) is 1. The first kappa shape index (κ1) is 18.7. The molecule has 0 heterocycles. The Labute approximate surface area is 121 Å². The zero-order chi connectivity index (χ0) is 15.6.